The lowest BCUT2D eigenvalue weighted by molar-refractivity contribution is 0.113. The fraction of sp³-hybridized carbons (Fsp3) is 0.600. The molecule has 2 aromatic rings. The van der Waals surface area contributed by atoms with Crippen LogP contribution in [-0.4, -0.2) is 58.6 Å². The predicted molar refractivity (Wildman–Crippen MR) is 133 cm³/mol. The van der Waals surface area contributed by atoms with E-state index >= 15 is 0 Å². The topological polar surface area (TPSA) is 67.9 Å². The van der Waals surface area contributed by atoms with Crippen molar-refractivity contribution in [1.82, 2.24) is 10.2 Å². The summed E-state index contributed by atoms with van der Waals surface area (Å²) in [6.45, 7) is 4.69. The van der Waals surface area contributed by atoms with Crippen LogP contribution in [0, 0.1) is 5.92 Å². The molecule has 1 aromatic carbocycles. The van der Waals surface area contributed by atoms with E-state index in [1.54, 1.807) is 20.3 Å². The number of sulfone groups is 1. The van der Waals surface area contributed by atoms with Gasteiger partial charge in [0.1, 0.15) is 9.58 Å². The fourth-order valence-corrected chi connectivity index (χ4v) is 8.87. The van der Waals surface area contributed by atoms with E-state index in [9.17, 15) is 8.42 Å². The molecule has 6 nitrogen and oxygen atoms in total. The van der Waals surface area contributed by atoms with Crippen LogP contribution in [0.25, 0.3) is 0 Å². The Labute approximate surface area is 202 Å². The summed E-state index contributed by atoms with van der Waals surface area (Å²) in [6.07, 6.45) is 5.41. The van der Waals surface area contributed by atoms with E-state index in [-0.39, 0.29) is 12.0 Å². The Morgan fingerprint density at radius 2 is 1.82 bits per heavy atom. The number of rotatable bonds is 9. The van der Waals surface area contributed by atoms with E-state index < -0.39 is 15.2 Å². The molecule has 1 aliphatic carbocycles. The highest BCUT2D eigenvalue weighted by Gasteiger charge is 2.43. The van der Waals surface area contributed by atoms with E-state index in [0.29, 0.717) is 4.21 Å². The third-order valence-corrected chi connectivity index (χ3v) is 10.7. The number of benzene rings is 1. The summed E-state index contributed by atoms with van der Waals surface area (Å²) >= 11 is 1.34. The van der Waals surface area contributed by atoms with Gasteiger partial charge >= 0.3 is 0 Å². The average molecular weight is 493 g/mol. The second-order valence-corrected chi connectivity index (χ2v) is 12.3. The van der Waals surface area contributed by atoms with Crippen LogP contribution in [0.5, 0.6) is 11.5 Å². The Hall–Kier alpha value is -1.61. The van der Waals surface area contributed by atoms with Crippen molar-refractivity contribution < 1.29 is 17.9 Å². The number of piperidine rings is 1. The van der Waals surface area contributed by atoms with Gasteiger partial charge in [-0.2, -0.15) is 0 Å². The van der Waals surface area contributed by atoms with Gasteiger partial charge in [-0.3, -0.25) is 4.90 Å². The molecule has 0 radical (unpaired) electrons. The molecule has 2 atom stereocenters. The van der Waals surface area contributed by atoms with Gasteiger partial charge in [0.25, 0.3) is 0 Å². The summed E-state index contributed by atoms with van der Waals surface area (Å²) in [5.41, 5.74) is 2.52. The zero-order valence-electron chi connectivity index (χ0n) is 19.9. The second-order valence-electron chi connectivity index (χ2n) is 9.07. The van der Waals surface area contributed by atoms with Gasteiger partial charge in [-0.1, -0.05) is 13.0 Å². The summed E-state index contributed by atoms with van der Waals surface area (Å²) < 4.78 is 39.5. The highest BCUT2D eigenvalue weighted by atomic mass is 32.2. The fourth-order valence-electron chi connectivity index (χ4n) is 5.50. The molecule has 0 bridgehead atoms. The summed E-state index contributed by atoms with van der Waals surface area (Å²) in [5.74, 6) is 1.63. The zero-order chi connectivity index (χ0) is 23.4. The van der Waals surface area contributed by atoms with Crippen LogP contribution in [0.1, 0.15) is 43.7 Å². The van der Waals surface area contributed by atoms with Gasteiger partial charge in [0.05, 0.1) is 14.2 Å². The van der Waals surface area contributed by atoms with Crippen LogP contribution in [0.15, 0.2) is 33.9 Å². The standard InChI is InChI=1S/C25H36N2O4S2/c1-4-13-27(21-8-7-19-16-22(30-2)23(31-3)17-20(19)15-21)25(18-9-11-26-12-10-18)33(28,29)24-6-5-14-32-24/h5-6,14,16-18,21,25-26H,4,7-13,15H2,1-3H3. The van der Waals surface area contributed by atoms with Crippen LogP contribution in [0.3, 0.4) is 0 Å². The van der Waals surface area contributed by atoms with Crippen molar-refractivity contribution in [1.29, 1.82) is 0 Å². The first-order valence-corrected chi connectivity index (χ1v) is 14.4. The van der Waals surface area contributed by atoms with E-state index in [0.717, 1.165) is 69.7 Å². The van der Waals surface area contributed by atoms with Crippen molar-refractivity contribution in [2.24, 2.45) is 5.92 Å². The molecule has 1 N–H and O–H groups in total. The summed E-state index contributed by atoms with van der Waals surface area (Å²) in [5, 5.41) is 4.79. The predicted octanol–water partition coefficient (Wildman–Crippen LogP) is 4.13. The number of thiophene rings is 1. The van der Waals surface area contributed by atoms with Gasteiger partial charge in [-0.05, 0) is 98.8 Å². The third-order valence-electron chi connectivity index (χ3n) is 7.07. The number of methoxy groups -OCH3 is 2. The normalized spacial score (nSPS) is 20.4. The molecule has 4 rings (SSSR count). The third kappa shape index (κ3) is 5.09. The van der Waals surface area contributed by atoms with E-state index in [4.69, 9.17) is 9.47 Å². The molecular weight excluding hydrogens is 456 g/mol. The minimum atomic E-state index is -3.46. The summed E-state index contributed by atoms with van der Waals surface area (Å²) in [6, 6.07) is 7.97. The van der Waals surface area contributed by atoms with Gasteiger partial charge < -0.3 is 14.8 Å². The molecule has 0 saturated carbocycles. The quantitative estimate of drug-likeness (QED) is 0.568. The van der Waals surface area contributed by atoms with Crippen molar-refractivity contribution >= 4 is 21.2 Å². The van der Waals surface area contributed by atoms with Crippen LogP contribution in [0.2, 0.25) is 0 Å². The van der Waals surface area contributed by atoms with Crippen molar-refractivity contribution in [2.75, 3.05) is 33.9 Å². The summed E-state index contributed by atoms with van der Waals surface area (Å²) in [4.78, 5) is 2.34. The van der Waals surface area contributed by atoms with Crippen LogP contribution in [-0.2, 0) is 22.7 Å². The number of ether oxygens (including phenoxy) is 2. The van der Waals surface area contributed by atoms with Crippen LogP contribution >= 0.6 is 11.3 Å². The molecule has 1 fully saturated rings. The molecule has 8 heteroatoms. The second kappa shape index (κ2) is 10.8. The largest absolute Gasteiger partial charge is 0.493 e. The minimum absolute atomic E-state index is 0.136. The number of hydrogen-bond donors (Lipinski definition) is 1. The SMILES string of the molecule is CCCN(C1CCc2cc(OC)c(OC)cc2C1)C(C1CCNCC1)S(=O)(=O)c1cccs1. The number of aryl methyl sites for hydroxylation is 1. The maximum absolute atomic E-state index is 14.0. The minimum Gasteiger partial charge on any atom is -0.493 e. The van der Waals surface area contributed by atoms with Crippen LogP contribution in [0.4, 0.5) is 0 Å². The van der Waals surface area contributed by atoms with Crippen molar-refractivity contribution in [3.8, 4) is 11.5 Å². The summed E-state index contributed by atoms with van der Waals surface area (Å²) in [7, 11) is -0.131. The molecule has 0 amide bonds. The van der Waals surface area contributed by atoms with Gasteiger partial charge in [0.15, 0.2) is 11.5 Å². The maximum atomic E-state index is 14.0. The number of nitrogens with zero attached hydrogens (tertiary/aromatic N) is 1. The van der Waals surface area contributed by atoms with Gasteiger partial charge in [0, 0.05) is 6.04 Å². The highest BCUT2D eigenvalue weighted by molar-refractivity contribution is 7.94. The lowest BCUT2D eigenvalue weighted by Crippen LogP contribution is -2.54. The molecule has 2 unspecified atom stereocenters. The number of fused-ring (bicyclic) bond motifs is 1. The lowest BCUT2D eigenvalue weighted by atomic mass is 9.86. The molecular formula is C25H36N2O4S2. The Balaban J connectivity index is 1.70. The molecule has 0 spiro atoms. The van der Waals surface area contributed by atoms with Gasteiger partial charge in [-0.25, -0.2) is 8.42 Å². The molecule has 1 aliphatic heterocycles. The van der Waals surface area contributed by atoms with Crippen molar-refractivity contribution in [2.45, 2.75) is 61.1 Å². The Morgan fingerprint density at radius 1 is 1.12 bits per heavy atom. The zero-order valence-corrected chi connectivity index (χ0v) is 21.5. The monoisotopic (exact) mass is 492 g/mol. The van der Waals surface area contributed by atoms with E-state index in [2.05, 4.69) is 29.3 Å². The Bertz CT molecular complexity index is 1020. The smallest absolute Gasteiger partial charge is 0.204 e. The van der Waals surface area contributed by atoms with Gasteiger partial charge in [-0.15, -0.1) is 11.3 Å². The lowest BCUT2D eigenvalue weighted by Gasteiger charge is -2.44. The van der Waals surface area contributed by atoms with Crippen molar-refractivity contribution in [3.05, 3.63) is 40.8 Å². The maximum Gasteiger partial charge on any atom is 0.204 e. The first kappa shape index (κ1) is 24.5. The molecule has 33 heavy (non-hydrogen) atoms. The number of nitrogens with one attached hydrogen (secondary N) is 1. The van der Waals surface area contributed by atoms with Gasteiger partial charge in [0.2, 0.25) is 9.84 Å². The van der Waals surface area contributed by atoms with E-state index in [1.807, 2.05) is 11.4 Å². The molecule has 2 aliphatic rings. The Morgan fingerprint density at radius 3 is 2.42 bits per heavy atom. The molecule has 182 valence electrons. The average Bonchev–Trinajstić information content (AvgIpc) is 3.39. The van der Waals surface area contributed by atoms with E-state index in [1.165, 1.54) is 22.5 Å². The highest BCUT2D eigenvalue weighted by Crippen LogP contribution is 2.38. The van der Waals surface area contributed by atoms with Crippen molar-refractivity contribution in [3.63, 3.8) is 0 Å². The first-order valence-electron chi connectivity index (χ1n) is 12.0. The molecule has 1 saturated heterocycles. The molecule has 2 heterocycles. The number of hydrogen-bond acceptors (Lipinski definition) is 7. The first-order chi connectivity index (χ1) is 16.0. The molecule has 1 aromatic heterocycles. The Kier molecular flexibility index (Phi) is 7.99. The van der Waals surface area contributed by atoms with Crippen LogP contribution < -0.4 is 14.8 Å².